The molecule has 1 aliphatic carbocycles. The van der Waals surface area contributed by atoms with Crippen molar-refractivity contribution in [3.8, 4) is 61.3 Å². The van der Waals surface area contributed by atoms with Crippen molar-refractivity contribution in [2.45, 2.75) is 0 Å². The van der Waals surface area contributed by atoms with Crippen LogP contribution in [0.4, 0.5) is 0 Å². The highest BCUT2D eigenvalue weighted by molar-refractivity contribution is 6.11. The Bertz CT molecular complexity index is 2340. The minimum absolute atomic E-state index is 0.972. The molecular weight excluding hydrogens is 520 g/mol. The van der Waals surface area contributed by atoms with Crippen LogP contribution >= 0.6 is 0 Å². The maximum Gasteiger partial charge on any atom is 0.145 e. The number of hydrogen-bond acceptors (Lipinski definition) is 1. The van der Waals surface area contributed by atoms with Gasteiger partial charge < -0.3 is 0 Å². The number of aromatic nitrogens is 2. The summed E-state index contributed by atoms with van der Waals surface area (Å²) in [5, 5.41) is 2.36. The highest BCUT2D eigenvalue weighted by Crippen LogP contribution is 2.50. The number of nitrogens with zero attached hydrogens (tertiary/aromatic N) is 2. The maximum absolute atomic E-state index is 4.83. The lowest BCUT2D eigenvalue weighted by Crippen LogP contribution is -1.98. The van der Waals surface area contributed by atoms with E-state index < -0.39 is 0 Å². The summed E-state index contributed by atoms with van der Waals surface area (Å²) in [4.78, 5) is 4.83. The van der Waals surface area contributed by atoms with Crippen molar-refractivity contribution < 1.29 is 0 Å². The molecule has 0 atom stereocenters. The summed E-state index contributed by atoms with van der Waals surface area (Å²) in [5.41, 5.74) is 15.7. The number of fused-ring (bicyclic) bond motifs is 11. The van der Waals surface area contributed by atoms with Crippen LogP contribution in [0, 0.1) is 0 Å². The lowest BCUT2D eigenvalue weighted by atomic mass is 9.78. The van der Waals surface area contributed by atoms with Crippen molar-refractivity contribution in [1.82, 2.24) is 9.55 Å². The molecule has 0 radical (unpaired) electrons. The summed E-state index contributed by atoms with van der Waals surface area (Å²) in [6, 6.07) is 54.9. The van der Waals surface area contributed by atoms with Crippen molar-refractivity contribution in [2.75, 3.05) is 0 Å². The van der Waals surface area contributed by atoms with Crippen LogP contribution in [0.1, 0.15) is 0 Å². The summed E-state index contributed by atoms with van der Waals surface area (Å²) < 4.78 is 2.27. The molecule has 2 heteroatoms. The van der Waals surface area contributed by atoms with Crippen LogP contribution in [-0.4, -0.2) is 9.55 Å². The molecule has 0 fully saturated rings. The number of para-hydroxylation sites is 1. The smallest absolute Gasteiger partial charge is 0.145 e. The van der Waals surface area contributed by atoms with Gasteiger partial charge in [0.05, 0.1) is 5.52 Å². The predicted molar refractivity (Wildman–Crippen MR) is 179 cm³/mol. The number of benzene rings is 6. The molecule has 0 bridgehead atoms. The van der Waals surface area contributed by atoms with Gasteiger partial charge in [-0.2, -0.15) is 0 Å². The Morgan fingerprint density at radius 2 is 0.953 bits per heavy atom. The monoisotopic (exact) mass is 546 g/mol. The average Bonchev–Trinajstić information content (AvgIpc) is 3.41. The Hall–Kier alpha value is -5.73. The SMILES string of the molecule is c1ccc(-n2c3ccc(-c4cccc5c4-c4ccccc4-c4ccccc4-c4ccccc4-5)cc3c3cccnc32)cc1. The first kappa shape index (κ1) is 23.9. The van der Waals surface area contributed by atoms with Crippen LogP contribution in [0.2, 0.25) is 0 Å². The molecule has 0 saturated carbocycles. The van der Waals surface area contributed by atoms with E-state index in [0.29, 0.717) is 0 Å². The van der Waals surface area contributed by atoms with E-state index >= 15 is 0 Å². The lowest BCUT2D eigenvalue weighted by Gasteiger charge is -2.25. The van der Waals surface area contributed by atoms with Gasteiger partial charge in [0.1, 0.15) is 5.65 Å². The molecule has 9 rings (SSSR count). The second-order valence-electron chi connectivity index (χ2n) is 11.1. The molecule has 6 aromatic carbocycles. The van der Waals surface area contributed by atoms with E-state index in [2.05, 4.69) is 150 Å². The zero-order valence-electron chi connectivity index (χ0n) is 23.4. The number of hydrogen-bond donors (Lipinski definition) is 0. The van der Waals surface area contributed by atoms with Crippen molar-refractivity contribution in [2.24, 2.45) is 0 Å². The van der Waals surface area contributed by atoms with Crippen LogP contribution in [-0.2, 0) is 0 Å². The first-order valence-corrected chi connectivity index (χ1v) is 14.7. The van der Waals surface area contributed by atoms with E-state index in [-0.39, 0.29) is 0 Å². The molecule has 0 saturated heterocycles. The molecule has 2 aromatic heterocycles. The third-order valence-corrected chi connectivity index (χ3v) is 8.84. The van der Waals surface area contributed by atoms with Gasteiger partial charge in [-0.1, -0.05) is 115 Å². The second kappa shape index (κ2) is 9.40. The molecule has 0 unspecified atom stereocenters. The summed E-state index contributed by atoms with van der Waals surface area (Å²) in [5.74, 6) is 0. The Labute approximate surface area is 250 Å². The Morgan fingerprint density at radius 3 is 1.65 bits per heavy atom. The maximum atomic E-state index is 4.83. The molecule has 43 heavy (non-hydrogen) atoms. The molecule has 2 nitrogen and oxygen atoms in total. The van der Waals surface area contributed by atoms with Crippen molar-refractivity contribution >= 4 is 21.9 Å². The number of pyridine rings is 1. The van der Waals surface area contributed by atoms with Crippen molar-refractivity contribution in [1.29, 1.82) is 0 Å². The van der Waals surface area contributed by atoms with Gasteiger partial charge in [-0.05, 0) is 92.0 Å². The molecule has 0 amide bonds. The van der Waals surface area contributed by atoms with E-state index in [1.807, 2.05) is 12.3 Å². The predicted octanol–water partition coefficient (Wildman–Crippen LogP) is 10.8. The second-order valence-corrected chi connectivity index (χ2v) is 11.1. The van der Waals surface area contributed by atoms with Gasteiger partial charge in [0.25, 0.3) is 0 Å². The fraction of sp³-hybridized carbons (Fsp3) is 0. The van der Waals surface area contributed by atoms with Gasteiger partial charge >= 0.3 is 0 Å². The molecule has 8 aromatic rings. The Kier molecular flexibility index (Phi) is 5.23. The van der Waals surface area contributed by atoms with Gasteiger partial charge in [0.2, 0.25) is 0 Å². The summed E-state index contributed by atoms with van der Waals surface area (Å²) in [6.45, 7) is 0. The third-order valence-electron chi connectivity index (χ3n) is 8.84. The summed E-state index contributed by atoms with van der Waals surface area (Å²) in [7, 11) is 0. The average molecular weight is 547 g/mol. The third kappa shape index (κ3) is 3.57. The van der Waals surface area contributed by atoms with Crippen molar-refractivity contribution in [3.05, 3.63) is 158 Å². The Morgan fingerprint density at radius 1 is 0.395 bits per heavy atom. The van der Waals surface area contributed by atoms with Crippen molar-refractivity contribution in [3.63, 3.8) is 0 Å². The van der Waals surface area contributed by atoms with E-state index in [1.54, 1.807) is 0 Å². The normalized spacial score (nSPS) is 11.7. The molecule has 2 heterocycles. The zero-order chi connectivity index (χ0) is 28.3. The minimum atomic E-state index is 0.972. The molecule has 0 spiro atoms. The van der Waals surface area contributed by atoms with Gasteiger partial charge in [0.15, 0.2) is 0 Å². The van der Waals surface area contributed by atoms with E-state index in [9.17, 15) is 0 Å². The standard InChI is InChI=1S/C41H26N2/c1-2-12-28(13-3-1)43-39-24-23-27(26-38(39)37-22-11-25-42-41(37)43)29-20-10-21-36-34-17-7-6-16-32(34)30-14-4-5-15-31(30)33-18-8-9-19-35(33)40(29)36/h1-26H. The first-order chi connectivity index (χ1) is 21.4. The van der Waals surface area contributed by atoms with Gasteiger partial charge in [-0.25, -0.2) is 4.98 Å². The molecule has 0 N–H and O–H groups in total. The summed E-state index contributed by atoms with van der Waals surface area (Å²) in [6.07, 6.45) is 1.88. The van der Waals surface area contributed by atoms with Gasteiger partial charge in [0, 0.05) is 22.7 Å². The summed E-state index contributed by atoms with van der Waals surface area (Å²) >= 11 is 0. The topological polar surface area (TPSA) is 17.8 Å². The quantitative estimate of drug-likeness (QED) is 0.211. The zero-order valence-corrected chi connectivity index (χ0v) is 23.4. The van der Waals surface area contributed by atoms with E-state index in [1.165, 1.54) is 61.0 Å². The van der Waals surface area contributed by atoms with Crippen LogP contribution < -0.4 is 0 Å². The molecule has 0 aliphatic heterocycles. The highest BCUT2D eigenvalue weighted by Gasteiger charge is 2.24. The lowest BCUT2D eigenvalue weighted by molar-refractivity contribution is 1.14. The largest absolute Gasteiger partial charge is 0.294 e. The molecule has 1 aliphatic rings. The Balaban J connectivity index is 1.36. The fourth-order valence-corrected chi connectivity index (χ4v) is 7.00. The number of rotatable bonds is 2. The van der Waals surface area contributed by atoms with Gasteiger partial charge in [-0.15, -0.1) is 0 Å². The van der Waals surface area contributed by atoms with Crippen LogP contribution in [0.3, 0.4) is 0 Å². The highest BCUT2D eigenvalue weighted by atomic mass is 15.0. The van der Waals surface area contributed by atoms with Gasteiger partial charge in [-0.3, -0.25) is 4.57 Å². The minimum Gasteiger partial charge on any atom is -0.294 e. The van der Waals surface area contributed by atoms with E-state index in [4.69, 9.17) is 4.98 Å². The fourth-order valence-electron chi connectivity index (χ4n) is 7.00. The molecule has 200 valence electrons. The first-order valence-electron chi connectivity index (χ1n) is 14.7. The van der Waals surface area contributed by atoms with Crippen LogP contribution in [0.25, 0.3) is 83.3 Å². The molecular formula is C41H26N2. The van der Waals surface area contributed by atoms with Crippen LogP contribution in [0.5, 0.6) is 0 Å². The van der Waals surface area contributed by atoms with E-state index in [0.717, 1.165) is 22.2 Å². The van der Waals surface area contributed by atoms with Crippen LogP contribution in [0.15, 0.2) is 158 Å².